The number of benzene rings is 6. The summed E-state index contributed by atoms with van der Waals surface area (Å²) < 4.78 is 5.22. The minimum Gasteiger partial charge on any atom is -0.508 e. The molecule has 1 saturated heterocycles. The third-order valence-electron chi connectivity index (χ3n) is 10.3. The molecule has 2 atom stereocenters. The van der Waals surface area contributed by atoms with Gasteiger partial charge >= 0.3 is 5.97 Å². The van der Waals surface area contributed by atoms with E-state index in [1.807, 2.05) is 110 Å². The molecule has 1 unspecified atom stereocenters. The summed E-state index contributed by atoms with van der Waals surface area (Å²) in [5.41, 5.74) is 5.87. The fraction of sp³-hybridized carbons (Fsp3) is 0.224. The Hall–Kier alpha value is -5.06. The van der Waals surface area contributed by atoms with Crippen LogP contribution in [0.25, 0.3) is 0 Å². The number of piperazine rings is 1. The Morgan fingerprint density at radius 1 is 0.754 bits per heavy atom. The lowest BCUT2D eigenvalue weighted by molar-refractivity contribution is -0.144. The Bertz CT molecular complexity index is 2350. The van der Waals surface area contributed by atoms with Gasteiger partial charge in [0.2, 0.25) is 5.91 Å². The first-order chi connectivity index (χ1) is 29.4. The number of ether oxygens (including phenoxy) is 1. The Morgan fingerprint density at radius 2 is 1.34 bits per heavy atom. The Labute approximate surface area is 377 Å². The van der Waals surface area contributed by atoms with Gasteiger partial charge in [0, 0.05) is 53.2 Å². The zero-order valence-electron chi connectivity index (χ0n) is 33.6. The fourth-order valence-electron chi connectivity index (χ4n) is 7.44. The number of carbonyl (C=O) groups excluding carboxylic acids is 2. The first-order valence-electron chi connectivity index (χ1n) is 19.9. The zero-order chi connectivity index (χ0) is 43.3. The molecule has 1 fully saturated rings. The van der Waals surface area contributed by atoms with Gasteiger partial charge in [0.05, 0.1) is 36.4 Å². The average Bonchev–Trinajstić information content (AvgIpc) is 3.23. The van der Waals surface area contributed by atoms with Gasteiger partial charge in [0.1, 0.15) is 11.5 Å². The Morgan fingerprint density at radius 3 is 1.95 bits per heavy atom. The lowest BCUT2D eigenvalue weighted by Gasteiger charge is -2.41. The quantitative estimate of drug-likeness (QED) is 0.105. The van der Waals surface area contributed by atoms with Crippen molar-refractivity contribution in [1.29, 1.82) is 0 Å². The highest BCUT2D eigenvalue weighted by atomic mass is 35.5. The summed E-state index contributed by atoms with van der Waals surface area (Å²) in [6, 6.07) is 44.9. The van der Waals surface area contributed by atoms with E-state index in [2.05, 4.69) is 21.9 Å². The zero-order valence-corrected chi connectivity index (χ0v) is 36.7. The largest absolute Gasteiger partial charge is 0.508 e. The number of hydrogen-bond donors (Lipinski definition) is 2. The number of hydrogen-bond acceptors (Lipinski definition) is 7. The third kappa shape index (κ3) is 13.2. The molecule has 1 heterocycles. The van der Waals surface area contributed by atoms with E-state index in [-0.39, 0.29) is 48.4 Å². The van der Waals surface area contributed by atoms with Gasteiger partial charge in [-0.25, -0.2) is 0 Å². The average molecular weight is 900 g/mol. The lowest BCUT2D eigenvalue weighted by Crippen LogP contribution is -2.52. The lowest BCUT2D eigenvalue weighted by atomic mass is 9.91. The molecule has 0 saturated carbocycles. The maximum atomic E-state index is 13.2. The third-order valence-corrected chi connectivity index (χ3v) is 11.5. The number of carbonyl (C=O) groups is 2. The number of esters is 1. The molecule has 1 aliphatic rings. The SMILES string of the molecule is CCOC(=O)CN(Cc1ccccc1)C[C@H](Cc1ccc(O)cc1Cl)c1ccc(Cl)cc1.O=C1CN(Cc2ccccc2)CC(c2ccc(Cl)cc2)N1c1ccc(O)cc1Cl. The summed E-state index contributed by atoms with van der Waals surface area (Å²) in [5, 5.41) is 21.6. The molecule has 8 nitrogen and oxygen atoms in total. The van der Waals surface area contributed by atoms with Crippen molar-refractivity contribution in [2.75, 3.05) is 37.7 Å². The van der Waals surface area contributed by atoms with Gasteiger partial charge in [-0.15, -0.1) is 0 Å². The number of halogens is 4. The van der Waals surface area contributed by atoms with E-state index in [9.17, 15) is 19.8 Å². The summed E-state index contributed by atoms with van der Waals surface area (Å²) in [5.74, 6) is -0.0418. The van der Waals surface area contributed by atoms with Crippen molar-refractivity contribution in [3.63, 3.8) is 0 Å². The molecule has 0 radical (unpaired) electrons. The molecular formula is C49H47Cl4N3O5. The van der Waals surface area contributed by atoms with Crippen LogP contribution in [0.5, 0.6) is 11.5 Å². The maximum absolute atomic E-state index is 13.2. The minimum atomic E-state index is -0.249. The van der Waals surface area contributed by atoms with E-state index in [0.29, 0.717) is 65.0 Å². The van der Waals surface area contributed by atoms with Crippen LogP contribution in [0, 0.1) is 0 Å². The topological polar surface area (TPSA) is 93.5 Å². The molecule has 1 amide bonds. The van der Waals surface area contributed by atoms with Gasteiger partial charge in [-0.3, -0.25) is 19.4 Å². The van der Waals surface area contributed by atoms with Crippen molar-refractivity contribution in [1.82, 2.24) is 9.80 Å². The number of aromatic hydroxyl groups is 2. The van der Waals surface area contributed by atoms with Gasteiger partial charge in [0.15, 0.2) is 0 Å². The summed E-state index contributed by atoms with van der Waals surface area (Å²) in [6.45, 7) is 5.21. The molecule has 7 rings (SSSR count). The van der Waals surface area contributed by atoms with E-state index < -0.39 is 0 Å². The molecule has 1 aliphatic heterocycles. The molecule has 6 aromatic carbocycles. The predicted molar refractivity (Wildman–Crippen MR) is 246 cm³/mol. The number of phenolic OH excluding ortho intramolecular Hbond substituents is 2. The Balaban J connectivity index is 0.000000205. The molecule has 12 heteroatoms. The van der Waals surface area contributed by atoms with Crippen LogP contribution in [0.1, 0.15) is 46.7 Å². The van der Waals surface area contributed by atoms with Crippen molar-refractivity contribution >= 4 is 64.0 Å². The molecule has 0 aromatic heterocycles. The normalized spacial score (nSPS) is 14.6. The van der Waals surface area contributed by atoms with Crippen molar-refractivity contribution < 1.29 is 24.5 Å². The molecular weight excluding hydrogens is 852 g/mol. The van der Waals surface area contributed by atoms with Gasteiger partial charge in [-0.1, -0.05) is 137 Å². The molecule has 6 aromatic rings. The predicted octanol–water partition coefficient (Wildman–Crippen LogP) is 11.4. The molecule has 0 bridgehead atoms. The van der Waals surface area contributed by atoms with E-state index in [1.54, 1.807) is 29.2 Å². The number of anilines is 1. The Kier molecular flexibility index (Phi) is 16.5. The second kappa shape index (κ2) is 22.2. The van der Waals surface area contributed by atoms with Crippen LogP contribution in [-0.4, -0.2) is 64.7 Å². The van der Waals surface area contributed by atoms with E-state index in [4.69, 9.17) is 51.1 Å². The number of nitrogens with zero attached hydrogens (tertiary/aromatic N) is 3. The van der Waals surface area contributed by atoms with Crippen LogP contribution in [0.2, 0.25) is 20.1 Å². The monoisotopic (exact) mass is 897 g/mol. The molecule has 0 spiro atoms. The number of amides is 1. The van der Waals surface area contributed by atoms with Crippen molar-refractivity contribution in [3.05, 3.63) is 194 Å². The molecule has 2 N–H and O–H groups in total. The highest BCUT2D eigenvalue weighted by Crippen LogP contribution is 2.38. The van der Waals surface area contributed by atoms with Crippen LogP contribution < -0.4 is 4.90 Å². The summed E-state index contributed by atoms with van der Waals surface area (Å²) in [4.78, 5) is 31.5. The standard InChI is InChI=1S/C26H27Cl2NO3.C23H20Cl2N2O2/c1-2-32-26(31)18-29(16-19-6-4-3-5-7-19)17-22(20-8-11-23(27)12-9-20)14-21-10-13-24(30)15-25(21)28;24-18-8-6-17(7-9-18)22-14-26(13-16-4-2-1-3-5-16)15-23(29)27(22)21-11-10-19(28)12-20(21)25/h3-13,15,22,30H,2,14,16-18H2,1H3;1-12,22,28H,13-15H2/t22-;/m0./s1. The van der Waals surface area contributed by atoms with Crippen LogP contribution in [0.4, 0.5) is 5.69 Å². The highest BCUT2D eigenvalue weighted by molar-refractivity contribution is 6.34. The van der Waals surface area contributed by atoms with Crippen LogP contribution >= 0.6 is 46.4 Å². The number of rotatable bonds is 14. The van der Waals surface area contributed by atoms with Gasteiger partial charge in [0.25, 0.3) is 0 Å². The van der Waals surface area contributed by atoms with E-state index in [0.717, 1.165) is 27.8 Å². The smallest absolute Gasteiger partial charge is 0.320 e. The molecule has 316 valence electrons. The van der Waals surface area contributed by atoms with Gasteiger partial charge in [-0.2, -0.15) is 0 Å². The maximum Gasteiger partial charge on any atom is 0.320 e. The molecule has 61 heavy (non-hydrogen) atoms. The fourth-order valence-corrected chi connectivity index (χ4v) is 8.21. The summed E-state index contributed by atoms with van der Waals surface area (Å²) in [7, 11) is 0. The first kappa shape index (κ1) is 45.5. The second-order valence-electron chi connectivity index (χ2n) is 14.8. The van der Waals surface area contributed by atoms with Gasteiger partial charge < -0.3 is 19.8 Å². The van der Waals surface area contributed by atoms with E-state index in [1.165, 1.54) is 6.07 Å². The number of phenols is 2. The molecule has 0 aliphatic carbocycles. The highest BCUT2D eigenvalue weighted by Gasteiger charge is 2.35. The minimum absolute atomic E-state index is 0.0419. The van der Waals surface area contributed by atoms with Crippen LogP contribution in [0.15, 0.2) is 146 Å². The van der Waals surface area contributed by atoms with Crippen LogP contribution in [-0.2, 0) is 33.8 Å². The summed E-state index contributed by atoms with van der Waals surface area (Å²) >= 11 is 25.0. The van der Waals surface area contributed by atoms with Gasteiger partial charge in [-0.05, 0) is 89.7 Å². The van der Waals surface area contributed by atoms with Crippen molar-refractivity contribution in [2.45, 2.75) is 38.4 Å². The van der Waals surface area contributed by atoms with E-state index >= 15 is 0 Å². The summed E-state index contributed by atoms with van der Waals surface area (Å²) in [6.07, 6.45) is 0.648. The van der Waals surface area contributed by atoms with Crippen molar-refractivity contribution in [3.8, 4) is 11.5 Å². The van der Waals surface area contributed by atoms with Crippen LogP contribution in [0.3, 0.4) is 0 Å². The first-order valence-corrected chi connectivity index (χ1v) is 21.4. The second-order valence-corrected chi connectivity index (χ2v) is 16.5. The van der Waals surface area contributed by atoms with Crippen molar-refractivity contribution in [2.24, 2.45) is 0 Å².